The molecule has 1 fully saturated rings. The number of carbonyl (C=O) groups excluding carboxylic acids is 2. The first kappa shape index (κ1) is 26.6. The van der Waals surface area contributed by atoms with Crippen LogP contribution in [0.1, 0.15) is 36.5 Å². The zero-order valence-electron chi connectivity index (χ0n) is 21.9. The Morgan fingerprint density at radius 2 is 1.69 bits per heavy atom. The van der Waals surface area contributed by atoms with Crippen LogP contribution in [0.2, 0.25) is 0 Å². The Morgan fingerprint density at radius 3 is 2.46 bits per heavy atom. The third-order valence-electron chi connectivity index (χ3n) is 7.34. The summed E-state index contributed by atoms with van der Waals surface area (Å²) in [5.74, 6) is -0.174. The largest absolute Gasteiger partial charge is 0.340 e. The molecular weight excluding hydrogens is 512 g/mol. The van der Waals surface area contributed by atoms with E-state index < -0.39 is 10.0 Å². The molecule has 202 valence electrons. The summed E-state index contributed by atoms with van der Waals surface area (Å²) in [5.41, 5.74) is 2.38. The lowest BCUT2D eigenvalue weighted by Crippen LogP contribution is -2.40. The number of anilines is 1. The molecule has 1 atom stereocenters. The summed E-state index contributed by atoms with van der Waals surface area (Å²) >= 11 is 0. The summed E-state index contributed by atoms with van der Waals surface area (Å²) in [4.78, 5) is 34.3. The van der Waals surface area contributed by atoms with Crippen molar-refractivity contribution in [2.75, 3.05) is 30.9 Å². The highest BCUT2D eigenvalue weighted by molar-refractivity contribution is 7.93. The molecule has 1 N–H and O–H groups in total. The number of sulfonamides is 1. The van der Waals surface area contributed by atoms with Gasteiger partial charge in [0.2, 0.25) is 5.91 Å². The molecule has 3 aromatic rings. The minimum Gasteiger partial charge on any atom is -0.340 e. The molecule has 0 radical (unpaired) electrons. The summed E-state index contributed by atoms with van der Waals surface area (Å²) < 4.78 is 28.8. The molecule has 0 saturated carbocycles. The molecule has 1 saturated heterocycles. The molecule has 0 spiro atoms. The SMILES string of the molecule is CC(C(=O)N1CCCN(C(=O)c2ccc(NS(=O)(=O)c3cccc4cccnc34)cc2)CC1)C1=CC=CCC1. The lowest BCUT2D eigenvalue weighted by molar-refractivity contribution is -0.133. The van der Waals surface area contributed by atoms with Crippen molar-refractivity contribution in [1.29, 1.82) is 0 Å². The lowest BCUT2D eigenvalue weighted by atomic mass is 9.92. The van der Waals surface area contributed by atoms with Gasteiger partial charge in [0, 0.05) is 49.0 Å². The van der Waals surface area contributed by atoms with Crippen LogP contribution in [0.25, 0.3) is 10.9 Å². The first-order valence-electron chi connectivity index (χ1n) is 13.2. The van der Waals surface area contributed by atoms with Crippen molar-refractivity contribution in [2.45, 2.75) is 31.1 Å². The molecule has 1 aromatic heterocycles. The number of hydrogen-bond acceptors (Lipinski definition) is 5. The van der Waals surface area contributed by atoms with Gasteiger partial charge in [-0.05, 0) is 62.6 Å². The molecule has 2 heterocycles. The van der Waals surface area contributed by atoms with Crippen LogP contribution >= 0.6 is 0 Å². The standard InChI is InChI=1S/C30H32N4O4S/c1-22(23-8-3-2-4-9-23)29(35)33-18-7-19-34(21-20-33)30(36)25-13-15-26(16-14-25)32-39(37,38)27-12-5-10-24-11-6-17-31-28(24)27/h2-3,5-6,8,10-17,22,32H,4,7,9,18-21H2,1H3. The highest BCUT2D eigenvalue weighted by Gasteiger charge is 2.27. The van der Waals surface area contributed by atoms with Crippen molar-refractivity contribution in [1.82, 2.24) is 14.8 Å². The molecular formula is C30H32N4O4S. The second-order valence-electron chi connectivity index (χ2n) is 9.92. The Hall–Kier alpha value is -3.98. The van der Waals surface area contributed by atoms with Crippen molar-refractivity contribution < 1.29 is 18.0 Å². The van der Waals surface area contributed by atoms with Crippen molar-refractivity contribution in [3.63, 3.8) is 0 Å². The van der Waals surface area contributed by atoms with Gasteiger partial charge in [-0.2, -0.15) is 0 Å². The minimum absolute atomic E-state index is 0.0926. The number of carbonyl (C=O) groups is 2. The van der Waals surface area contributed by atoms with Gasteiger partial charge < -0.3 is 9.80 Å². The number of para-hydroxylation sites is 1. The number of pyridine rings is 1. The van der Waals surface area contributed by atoms with E-state index >= 15 is 0 Å². The fourth-order valence-corrected chi connectivity index (χ4v) is 6.36. The van der Waals surface area contributed by atoms with E-state index in [1.165, 1.54) is 6.07 Å². The number of benzene rings is 2. The summed E-state index contributed by atoms with van der Waals surface area (Å²) in [7, 11) is -3.88. The number of rotatable bonds is 6. The van der Waals surface area contributed by atoms with Crippen LogP contribution in [0.4, 0.5) is 5.69 Å². The van der Waals surface area contributed by atoms with Crippen molar-refractivity contribution >= 4 is 38.4 Å². The third-order valence-corrected chi connectivity index (χ3v) is 8.75. The van der Waals surface area contributed by atoms with Crippen LogP contribution < -0.4 is 4.72 Å². The second-order valence-corrected chi connectivity index (χ2v) is 11.6. The Bertz CT molecular complexity index is 1540. The van der Waals surface area contributed by atoms with Crippen LogP contribution in [0, 0.1) is 5.92 Å². The first-order chi connectivity index (χ1) is 18.8. The molecule has 0 bridgehead atoms. The van der Waals surface area contributed by atoms with E-state index in [4.69, 9.17) is 0 Å². The van der Waals surface area contributed by atoms with Gasteiger partial charge in [0.25, 0.3) is 15.9 Å². The second kappa shape index (κ2) is 11.4. The number of nitrogens with zero attached hydrogens (tertiary/aromatic N) is 3. The maximum Gasteiger partial charge on any atom is 0.264 e. The molecule has 5 rings (SSSR count). The van der Waals surface area contributed by atoms with Crippen LogP contribution in [-0.4, -0.2) is 61.2 Å². The van der Waals surface area contributed by atoms with E-state index in [1.54, 1.807) is 47.5 Å². The molecule has 1 aliphatic heterocycles. The van der Waals surface area contributed by atoms with E-state index in [2.05, 4.69) is 15.8 Å². The summed E-state index contributed by atoms with van der Waals surface area (Å²) in [6.07, 6.45) is 10.3. The molecule has 2 aliphatic rings. The van der Waals surface area contributed by atoms with Gasteiger partial charge in [-0.3, -0.25) is 19.3 Å². The predicted octanol–water partition coefficient (Wildman–Crippen LogP) is 4.62. The lowest BCUT2D eigenvalue weighted by Gasteiger charge is -2.26. The van der Waals surface area contributed by atoms with Crippen molar-refractivity contribution in [2.24, 2.45) is 5.92 Å². The van der Waals surface area contributed by atoms with Crippen molar-refractivity contribution in [3.05, 3.63) is 90.2 Å². The first-order valence-corrected chi connectivity index (χ1v) is 14.7. The molecule has 1 unspecified atom stereocenters. The summed E-state index contributed by atoms with van der Waals surface area (Å²) in [5, 5.41) is 0.733. The average Bonchev–Trinajstić information content (AvgIpc) is 3.23. The van der Waals surface area contributed by atoms with Gasteiger partial charge in [0.1, 0.15) is 4.90 Å². The fraction of sp³-hybridized carbons (Fsp3) is 0.300. The zero-order valence-corrected chi connectivity index (χ0v) is 22.7. The normalized spacial score (nSPS) is 16.9. The zero-order chi connectivity index (χ0) is 27.4. The van der Waals surface area contributed by atoms with Gasteiger partial charge in [-0.1, -0.05) is 42.0 Å². The van der Waals surface area contributed by atoms with E-state index in [9.17, 15) is 18.0 Å². The highest BCUT2D eigenvalue weighted by atomic mass is 32.2. The molecule has 2 aromatic carbocycles. The molecule has 1 aliphatic carbocycles. The molecule has 9 heteroatoms. The van der Waals surface area contributed by atoms with E-state index in [0.717, 1.165) is 23.8 Å². The van der Waals surface area contributed by atoms with Gasteiger partial charge >= 0.3 is 0 Å². The number of amides is 2. The van der Waals surface area contributed by atoms with Gasteiger partial charge in [0.05, 0.1) is 11.4 Å². The molecule has 2 amide bonds. The number of fused-ring (bicyclic) bond motifs is 1. The summed E-state index contributed by atoms with van der Waals surface area (Å²) in [6.45, 7) is 4.10. The van der Waals surface area contributed by atoms with Gasteiger partial charge in [-0.15, -0.1) is 0 Å². The van der Waals surface area contributed by atoms with Crippen LogP contribution in [0.15, 0.2) is 89.5 Å². The topological polar surface area (TPSA) is 99.7 Å². The molecule has 8 nitrogen and oxygen atoms in total. The van der Waals surface area contributed by atoms with E-state index in [0.29, 0.717) is 49.4 Å². The maximum atomic E-state index is 13.2. The fourth-order valence-electron chi connectivity index (χ4n) is 5.12. The van der Waals surface area contributed by atoms with Crippen molar-refractivity contribution in [3.8, 4) is 0 Å². The predicted molar refractivity (Wildman–Crippen MR) is 152 cm³/mol. The number of aromatic nitrogens is 1. The highest BCUT2D eigenvalue weighted by Crippen LogP contribution is 2.25. The smallest absolute Gasteiger partial charge is 0.264 e. The van der Waals surface area contributed by atoms with E-state index in [1.807, 2.05) is 36.1 Å². The van der Waals surface area contributed by atoms with E-state index in [-0.39, 0.29) is 22.6 Å². The average molecular weight is 545 g/mol. The number of hydrogen-bond donors (Lipinski definition) is 1. The Morgan fingerprint density at radius 1 is 0.949 bits per heavy atom. The maximum absolute atomic E-state index is 13.2. The van der Waals surface area contributed by atoms with Gasteiger partial charge in [0.15, 0.2) is 0 Å². The quantitative estimate of drug-likeness (QED) is 0.488. The third kappa shape index (κ3) is 5.88. The Balaban J connectivity index is 1.22. The Kier molecular flexibility index (Phi) is 7.79. The van der Waals surface area contributed by atoms with Gasteiger partial charge in [-0.25, -0.2) is 8.42 Å². The number of allylic oxidation sites excluding steroid dienone is 3. The van der Waals surface area contributed by atoms with Crippen LogP contribution in [0.5, 0.6) is 0 Å². The Labute approximate surface area is 229 Å². The van der Waals surface area contributed by atoms with Crippen LogP contribution in [-0.2, 0) is 14.8 Å². The minimum atomic E-state index is -3.88. The molecule has 39 heavy (non-hydrogen) atoms. The monoisotopic (exact) mass is 544 g/mol. The summed E-state index contributed by atoms with van der Waals surface area (Å²) in [6, 6.07) is 15.0. The number of nitrogens with one attached hydrogen (secondary N) is 1. The van der Waals surface area contributed by atoms with Crippen LogP contribution in [0.3, 0.4) is 0 Å².